The fraction of sp³-hybridized carbons (Fsp3) is 0.176. The molecule has 6 nitrogen and oxygen atoms in total. The molecule has 1 aromatic carbocycles. The Labute approximate surface area is 141 Å². The van der Waals surface area contributed by atoms with Crippen LogP contribution in [-0.2, 0) is 0 Å². The third kappa shape index (κ3) is 2.03. The maximum atomic E-state index is 6.27. The topological polar surface area (TPSA) is 73.4 Å². The Balaban J connectivity index is 2.14. The molecule has 0 amide bonds. The highest BCUT2D eigenvalue weighted by molar-refractivity contribution is 6.29. The van der Waals surface area contributed by atoms with Gasteiger partial charge in [-0.25, -0.2) is 15.0 Å². The first-order valence-electron chi connectivity index (χ1n) is 7.26. The Morgan fingerprint density at radius 1 is 1.21 bits per heavy atom. The molecule has 0 saturated carbocycles. The van der Waals surface area contributed by atoms with Gasteiger partial charge in [0.05, 0.1) is 28.9 Å². The first-order valence-corrected chi connectivity index (χ1v) is 7.64. The standard InChI is InChI=1S/C17H13ClN4O2/c1-7-14(8(2)24-22-7)11-5-12-10(6-13(11)23-4)15-16(18)19-9(3)20-17(15)21-12/h5-6H,3H2,1-2,4H3. The van der Waals surface area contributed by atoms with E-state index < -0.39 is 0 Å². The largest absolute Gasteiger partial charge is 0.496 e. The highest BCUT2D eigenvalue weighted by atomic mass is 35.5. The van der Waals surface area contributed by atoms with Crippen molar-refractivity contribution in [3.63, 3.8) is 0 Å². The first-order chi connectivity index (χ1) is 11.5. The molecule has 1 aliphatic rings. The van der Waals surface area contributed by atoms with Crippen LogP contribution in [0.1, 0.15) is 11.5 Å². The predicted octanol–water partition coefficient (Wildman–Crippen LogP) is 2.37. The molecule has 0 fully saturated rings. The lowest BCUT2D eigenvalue weighted by Crippen LogP contribution is -2.09. The molecule has 1 aliphatic heterocycles. The summed E-state index contributed by atoms with van der Waals surface area (Å²) in [7, 11) is 1.62. The maximum Gasteiger partial charge on any atom is 0.165 e. The lowest BCUT2D eigenvalue weighted by atomic mass is 10.0. The molecule has 3 aromatic rings. The lowest BCUT2D eigenvalue weighted by Gasteiger charge is -2.07. The minimum absolute atomic E-state index is 0.333. The number of hydrogen-bond acceptors (Lipinski definition) is 6. The molecule has 0 radical (unpaired) electrons. The van der Waals surface area contributed by atoms with Crippen molar-refractivity contribution in [2.24, 2.45) is 4.99 Å². The van der Waals surface area contributed by atoms with Crippen molar-refractivity contribution >= 4 is 24.0 Å². The third-order valence-electron chi connectivity index (χ3n) is 4.01. The average Bonchev–Trinajstić information content (AvgIpc) is 3.05. The number of fused-ring (bicyclic) bond motifs is 2. The minimum Gasteiger partial charge on any atom is -0.496 e. The van der Waals surface area contributed by atoms with Gasteiger partial charge >= 0.3 is 0 Å². The molecular formula is C17H13ClN4O2. The second kappa shape index (κ2) is 5.14. The average molecular weight is 341 g/mol. The van der Waals surface area contributed by atoms with Crippen molar-refractivity contribution in [1.82, 2.24) is 15.1 Å². The van der Waals surface area contributed by atoms with Gasteiger partial charge in [-0.1, -0.05) is 23.3 Å². The number of ether oxygens (including phenoxy) is 1. The van der Waals surface area contributed by atoms with Gasteiger partial charge in [-0.2, -0.15) is 0 Å². The van der Waals surface area contributed by atoms with E-state index in [0.717, 1.165) is 33.2 Å². The highest BCUT2D eigenvalue weighted by Gasteiger charge is 2.19. The predicted molar refractivity (Wildman–Crippen MR) is 88.6 cm³/mol. The summed E-state index contributed by atoms with van der Waals surface area (Å²) in [5.41, 5.74) is 2.89. The van der Waals surface area contributed by atoms with Crippen molar-refractivity contribution < 1.29 is 9.26 Å². The Hall–Kier alpha value is -2.73. The van der Waals surface area contributed by atoms with Crippen LogP contribution in [0.25, 0.3) is 17.7 Å². The second-order valence-electron chi connectivity index (χ2n) is 5.51. The summed E-state index contributed by atoms with van der Waals surface area (Å²) in [5.74, 6) is 1.92. The van der Waals surface area contributed by atoms with Crippen molar-refractivity contribution in [3.8, 4) is 16.9 Å². The zero-order chi connectivity index (χ0) is 17.0. The van der Waals surface area contributed by atoms with Crippen LogP contribution >= 0.6 is 11.6 Å². The van der Waals surface area contributed by atoms with Crippen molar-refractivity contribution in [1.29, 1.82) is 0 Å². The molecule has 120 valence electrons. The molecule has 3 heterocycles. The van der Waals surface area contributed by atoms with Crippen LogP contribution in [0.5, 0.6) is 5.75 Å². The summed E-state index contributed by atoms with van der Waals surface area (Å²) in [6.07, 6.45) is 0. The zero-order valence-electron chi connectivity index (χ0n) is 13.3. The number of halogens is 1. The van der Waals surface area contributed by atoms with Gasteiger partial charge in [-0.3, -0.25) is 0 Å². The van der Waals surface area contributed by atoms with E-state index in [-0.39, 0.29) is 0 Å². The van der Waals surface area contributed by atoms with E-state index in [1.807, 2.05) is 26.0 Å². The van der Waals surface area contributed by atoms with Crippen molar-refractivity contribution in [3.05, 3.63) is 50.0 Å². The van der Waals surface area contributed by atoms with Gasteiger partial charge in [0, 0.05) is 10.8 Å². The van der Waals surface area contributed by atoms with E-state index in [1.54, 1.807) is 7.11 Å². The van der Waals surface area contributed by atoms with Gasteiger partial charge in [-0.05, 0) is 26.0 Å². The zero-order valence-corrected chi connectivity index (χ0v) is 14.1. The second-order valence-corrected chi connectivity index (χ2v) is 5.87. The summed E-state index contributed by atoms with van der Waals surface area (Å²) < 4.78 is 10.9. The molecule has 0 bridgehead atoms. The van der Waals surface area contributed by atoms with Crippen LogP contribution in [0.4, 0.5) is 5.82 Å². The molecule has 0 atom stereocenters. The number of benzene rings is 1. The normalized spacial score (nSPS) is 11.8. The van der Waals surface area contributed by atoms with Gasteiger partial charge in [-0.15, -0.1) is 0 Å². The summed E-state index contributed by atoms with van der Waals surface area (Å²) in [5, 5.41) is 6.63. The monoisotopic (exact) mass is 340 g/mol. The van der Waals surface area contributed by atoms with Gasteiger partial charge in [0.1, 0.15) is 22.1 Å². The highest BCUT2D eigenvalue weighted by Crippen LogP contribution is 2.34. The van der Waals surface area contributed by atoms with E-state index in [2.05, 4.69) is 26.7 Å². The Bertz CT molecular complexity index is 1180. The summed E-state index contributed by atoms with van der Waals surface area (Å²) in [4.78, 5) is 12.9. The maximum absolute atomic E-state index is 6.27. The van der Waals surface area contributed by atoms with E-state index in [0.29, 0.717) is 27.4 Å². The number of rotatable bonds is 2. The molecule has 0 aliphatic carbocycles. The van der Waals surface area contributed by atoms with Crippen molar-refractivity contribution in [2.45, 2.75) is 13.8 Å². The van der Waals surface area contributed by atoms with Crippen LogP contribution < -0.4 is 15.6 Å². The fourth-order valence-electron chi connectivity index (χ4n) is 2.98. The van der Waals surface area contributed by atoms with Crippen LogP contribution in [0, 0.1) is 24.3 Å². The molecule has 0 unspecified atom stereocenters. The van der Waals surface area contributed by atoms with E-state index in [1.165, 1.54) is 0 Å². The number of aryl methyl sites for hydroxylation is 2. The molecule has 7 heteroatoms. The number of aromatic nitrogens is 3. The smallest absolute Gasteiger partial charge is 0.165 e. The number of nitrogens with zero attached hydrogens (tertiary/aromatic N) is 4. The lowest BCUT2D eigenvalue weighted by molar-refractivity contribution is 0.393. The summed E-state index contributed by atoms with van der Waals surface area (Å²) >= 11 is 6.27. The van der Waals surface area contributed by atoms with E-state index in [4.69, 9.17) is 20.9 Å². The quantitative estimate of drug-likeness (QED) is 0.524. The van der Waals surface area contributed by atoms with Crippen LogP contribution in [0.2, 0.25) is 5.15 Å². The molecule has 0 saturated heterocycles. The molecule has 0 spiro atoms. The molecule has 4 rings (SSSR count). The minimum atomic E-state index is 0.333. The molecule has 0 N–H and O–H groups in total. The van der Waals surface area contributed by atoms with Gasteiger partial charge in [0.2, 0.25) is 0 Å². The summed E-state index contributed by atoms with van der Waals surface area (Å²) in [6, 6.07) is 3.82. The van der Waals surface area contributed by atoms with Crippen LogP contribution in [-0.4, -0.2) is 22.2 Å². The van der Waals surface area contributed by atoms with Crippen LogP contribution in [0.3, 0.4) is 0 Å². The van der Waals surface area contributed by atoms with E-state index in [9.17, 15) is 0 Å². The van der Waals surface area contributed by atoms with Gasteiger partial charge in [0.25, 0.3) is 0 Å². The number of methoxy groups -OCH3 is 1. The SMILES string of the molecule is C=c1nc(Cl)c2c(n1)N=c1cc(-c3c(C)noc3C)c(OC)cc1=2. The third-order valence-corrected chi connectivity index (χ3v) is 4.28. The Morgan fingerprint density at radius 2 is 2.00 bits per heavy atom. The van der Waals surface area contributed by atoms with E-state index >= 15 is 0 Å². The molecule has 2 aromatic heterocycles. The first kappa shape index (κ1) is 14.8. The number of hydrogen-bond donors (Lipinski definition) is 0. The molecule has 24 heavy (non-hydrogen) atoms. The Morgan fingerprint density at radius 3 is 2.67 bits per heavy atom. The van der Waals surface area contributed by atoms with Crippen LogP contribution in [0.15, 0.2) is 21.6 Å². The van der Waals surface area contributed by atoms with Crippen molar-refractivity contribution in [2.75, 3.05) is 7.11 Å². The van der Waals surface area contributed by atoms with Gasteiger partial charge in [0.15, 0.2) is 5.82 Å². The van der Waals surface area contributed by atoms with Gasteiger partial charge < -0.3 is 9.26 Å². The summed E-state index contributed by atoms with van der Waals surface area (Å²) in [6.45, 7) is 7.48. The Kier molecular flexibility index (Phi) is 3.18. The fourth-order valence-corrected chi connectivity index (χ4v) is 3.27. The molecular weight excluding hydrogens is 328 g/mol.